The molecule has 1 heterocycles. The zero-order chi connectivity index (χ0) is 12.8. The van der Waals surface area contributed by atoms with Crippen molar-refractivity contribution in [3.63, 3.8) is 0 Å². The largest absolute Gasteiger partial charge is 0.353 e. The van der Waals surface area contributed by atoms with E-state index in [0.29, 0.717) is 19.6 Å². The minimum Gasteiger partial charge on any atom is -0.353 e. The number of piperazine rings is 1. The molecule has 2 amide bonds. The van der Waals surface area contributed by atoms with Gasteiger partial charge in [0.1, 0.15) is 0 Å². The molecule has 0 aromatic heterocycles. The van der Waals surface area contributed by atoms with E-state index in [1.165, 1.54) is 0 Å². The molecule has 0 saturated carbocycles. The van der Waals surface area contributed by atoms with Gasteiger partial charge in [0.2, 0.25) is 11.8 Å². The minimum atomic E-state index is -0.408. The number of rotatable bonds is 4. The van der Waals surface area contributed by atoms with Gasteiger partial charge in [0.15, 0.2) is 0 Å². The van der Waals surface area contributed by atoms with E-state index in [4.69, 9.17) is 0 Å². The van der Waals surface area contributed by atoms with Crippen molar-refractivity contribution in [1.29, 1.82) is 0 Å². The van der Waals surface area contributed by atoms with Crippen LogP contribution >= 0.6 is 0 Å². The fourth-order valence-corrected chi connectivity index (χ4v) is 1.87. The van der Waals surface area contributed by atoms with Crippen LogP contribution in [0, 0.1) is 0 Å². The van der Waals surface area contributed by atoms with Gasteiger partial charge in [-0.3, -0.25) is 9.59 Å². The van der Waals surface area contributed by atoms with E-state index in [1.807, 2.05) is 30.3 Å². The molecule has 0 aliphatic carbocycles. The first-order valence-electron chi connectivity index (χ1n) is 6.07. The minimum absolute atomic E-state index is 0.101. The highest BCUT2D eigenvalue weighted by Gasteiger charge is 2.23. The Balaban J connectivity index is 1.76. The fourth-order valence-electron chi connectivity index (χ4n) is 1.87. The lowest BCUT2D eigenvalue weighted by Gasteiger charge is -2.22. The summed E-state index contributed by atoms with van der Waals surface area (Å²) in [4.78, 5) is 23.1. The number of carbonyl (C=O) groups is 2. The third kappa shape index (κ3) is 3.56. The predicted molar refractivity (Wildman–Crippen MR) is 67.7 cm³/mol. The molecule has 5 heteroatoms. The molecule has 2 rings (SSSR count). The molecule has 5 nitrogen and oxygen atoms in total. The summed E-state index contributed by atoms with van der Waals surface area (Å²) in [7, 11) is 0. The van der Waals surface area contributed by atoms with Gasteiger partial charge in [-0.25, -0.2) is 0 Å². The topological polar surface area (TPSA) is 70.2 Å². The van der Waals surface area contributed by atoms with Gasteiger partial charge in [0.25, 0.3) is 0 Å². The summed E-state index contributed by atoms with van der Waals surface area (Å²) in [5, 5.41) is 8.56. The number of amides is 2. The molecule has 0 bridgehead atoms. The molecule has 3 N–H and O–H groups in total. The summed E-state index contributed by atoms with van der Waals surface area (Å²) < 4.78 is 0. The molecule has 1 saturated heterocycles. The average Bonchev–Trinajstić information content (AvgIpc) is 2.40. The van der Waals surface area contributed by atoms with Gasteiger partial charge in [0.05, 0.1) is 12.5 Å². The van der Waals surface area contributed by atoms with Crippen LogP contribution in [0.25, 0.3) is 0 Å². The second-order valence-corrected chi connectivity index (χ2v) is 4.26. The van der Waals surface area contributed by atoms with Gasteiger partial charge in [0, 0.05) is 19.6 Å². The molecule has 18 heavy (non-hydrogen) atoms. The molecule has 1 aromatic rings. The predicted octanol–water partition coefficient (Wildman–Crippen LogP) is -0.219. The zero-order valence-corrected chi connectivity index (χ0v) is 10.1. The van der Waals surface area contributed by atoms with Crippen LogP contribution in [-0.2, 0) is 16.1 Å². The third-order valence-corrected chi connectivity index (χ3v) is 2.85. The second kappa shape index (κ2) is 6.16. The van der Waals surface area contributed by atoms with Crippen LogP contribution < -0.4 is 16.0 Å². The lowest BCUT2D eigenvalue weighted by molar-refractivity contribution is -0.129. The Morgan fingerprint density at radius 3 is 2.78 bits per heavy atom. The maximum atomic E-state index is 11.7. The van der Waals surface area contributed by atoms with Crippen molar-refractivity contribution < 1.29 is 9.59 Å². The summed E-state index contributed by atoms with van der Waals surface area (Å²) >= 11 is 0. The maximum Gasteiger partial charge on any atom is 0.237 e. The Bertz CT molecular complexity index is 420. The van der Waals surface area contributed by atoms with E-state index in [1.54, 1.807) is 0 Å². The van der Waals surface area contributed by atoms with Crippen LogP contribution in [0.15, 0.2) is 30.3 Å². The first-order chi connectivity index (χ1) is 8.75. The van der Waals surface area contributed by atoms with Gasteiger partial charge in [-0.2, -0.15) is 0 Å². The summed E-state index contributed by atoms with van der Waals surface area (Å²) in [6.07, 6.45) is 0.179. The monoisotopic (exact) mass is 247 g/mol. The van der Waals surface area contributed by atoms with Gasteiger partial charge in [-0.15, -0.1) is 0 Å². The summed E-state index contributed by atoms with van der Waals surface area (Å²) in [5.41, 5.74) is 1.05. The van der Waals surface area contributed by atoms with Gasteiger partial charge < -0.3 is 16.0 Å². The molecule has 1 fully saturated rings. The van der Waals surface area contributed by atoms with Crippen molar-refractivity contribution in [3.8, 4) is 0 Å². The van der Waals surface area contributed by atoms with Crippen molar-refractivity contribution in [1.82, 2.24) is 16.0 Å². The van der Waals surface area contributed by atoms with E-state index in [9.17, 15) is 9.59 Å². The van der Waals surface area contributed by atoms with Crippen molar-refractivity contribution in [2.24, 2.45) is 0 Å². The molecule has 1 aliphatic rings. The summed E-state index contributed by atoms with van der Waals surface area (Å²) in [5.74, 6) is -0.218. The van der Waals surface area contributed by atoms with Crippen LogP contribution in [0.5, 0.6) is 0 Å². The van der Waals surface area contributed by atoms with Crippen LogP contribution in [0.4, 0.5) is 0 Å². The standard InChI is InChI=1S/C13H17N3O2/c17-12(8-11-13(18)15-7-6-14-11)16-9-10-4-2-1-3-5-10/h1-5,11,14H,6-9H2,(H,15,18)(H,16,17)/t11-/m0/s1. The lowest BCUT2D eigenvalue weighted by Crippen LogP contribution is -2.54. The van der Waals surface area contributed by atoms with Crippen LogP contribution in [0.3, 0.4) is 0 Å². The quantitative estimate of drug-likeness (QED) is 0.689. The molecular weight excluding hydrogens is 230 g/mol. The molecular formula is C13H17N3O2. The number of carbonyl (C=O) groups excluding carboxylic acids is 2. The number of benzene rings is 1. The van der Waals surface area contributed by atoms with Crippen LogP contribution in [-0.4, -0.2) is 30.9 Å². The highest BCUT2D eigenvalue weighted by molar-refractivity contribution is 5.88. The van der Waals surface area contributed by atoms with Crippen molar-refractivity contribution in [2.45, 2.75) is 19.0 Å². The number of hydrogen-bond donors (Lipinski definition) is 3. The summed E-state index contributed by atoms with van der Waals surface area (Å²) in [6.45, 7) is 1.83. The van der Waals surface area contributed by atoms with E-state index >= 15 is 0 Å². The van der Waals surface area contributed by atoms with Gasteiger partial charge in [-0.1, -0.05) is 30.3 Å². The Morgan fingerprint density at radius 2 is 2.06 bits per heavy atom. The number of nitrogens with one attached hydrogen (secondary N) is 3. The molecule has 96 valence electrons. The Hall–Kier alpha value is -1.88. The van der Waals surface area contributed by atoms with Crippen molar-refractivity contribution >= 4 is 11.8 Å². The Morgan fingerprint density at radius 1 is 1.28 bits per heavy atom. The molecule has 1 aliphatic heterocycles. The van der Waals surface area contributed by atoms with E-state index in [0.717, 1.165) is 5.56 Å². The molecule has 0 spiro atoms. The van der Waals surface area contributed by atoms with Crippen molar-refractivity contribution in [3.05, 3.63) is 35.9 Å². The third-order valence-electron chi connectivity index (χ3n) is 2.85. The Kier molecular flexibility index (Phi) is 4.30. The second-order valence-electron chi connectivity index (χ2n) is 4.26. The zero-order valence-electron chi connectivity index (χ0n) is 10.1. The first kappa shape index (κ1) is 12.6. The Labute approximate surface area is 106 Å². The number of hydrogen-bond acceptors (Lipinski definition) is 3. The summed E-state index contributed by atoms with van der Waals surface area (Å²) in [6, 6.07) is 9.28. The van der Waals surface area contributed by atoms with Crippen molar-refractivity contribution in [2.75, 3.05) is 13.1 Å². The maximum absolute atomic E-state index is 11.7. The van der Waals surface area contributed by atoms with Crippen LogP contribution in [0.1, 0.15) is 12.0 Å². The lowest BCUT2D eigenvalue weighted by atomic mass is 10.1. The highest BCUT2D eigenvalue weighted by atomic mass is 16.2. The fraction of sp³-hybridized carbons (Fsp3) is 0.385. The molecule has 0 unspecified atom stereocenters. The van der Waals surface area contributed by atoms with E-state index < -0.39 is 6.04 Å². The van der Waals surface area contributed by atoms with Gasteiger partial charge in [-0.05, 0) is 5.56 Å². The molecule has 1 atom stereocenters. The van der Waals surface area contributed by atoms with Gasteiger partial charge >= 0.3 is 0 Å². The first-order valence-corrected chi connectivity index (χ1v) is 6.07. The molecule has 0 radical (unpaired) electrons. The normalized spacial score (nSPS) is 19.1. The van der Waals surface area contributed by atoms with E-state index in [-0.39, 0.29) is 18.2 Å². The average molecular weight is 247 g/mol. The highest BCUT2D eigenvalue weighted by Crippen LogP contribution is 1.99. The SMILES string of the molecule is O=C(C[C@@H]1NCCNC1=O)NCc1ccccc1. The molecule has 1 aromatic carbocycles. The van der Waals surface area contributed by atoms with E-state index in [2.05, 4.69) is 16.0 Å². The van der Waals surface area contributed by atoms with Crippen LogP contribution in [0.2, 0.25) is 0 Å². The smallest absolute Gasteiger partial charge is 0.237 e.